The van der Waals surface area contributed by atoms with Gasteiger partial charge in [-0.25, -0.2) is 9.97 Å². The Morgan fingerprint density at radius 3 is 2.87 bits per heavy atom. The predicted octanol–water partition coefficient (Wildman–Crippen LogP) is 0.483. The highest BCUT2D eigenvalue weighted by Gasteiger charge is 2.02. The Hall–Kier alpha value is -2.21. The second-order valence-electron chi connectivity index (χ2n) is 2.82. The molecule has 6 heteroatoms. The van der Waals surface area contributed by atoms with Crippen molar-refractivity contribution >= 4 is 5.90 Å². The number of aromatic nitrogens is 3. The Morgan fingerprint density at radius 1 is 1.47 bits per heavy atom. The highest BCUT2D eigenvalue weighted by Crippen LogP contribution is 2.05. The van der Waals surface area contributed by atoms with Gasteiger partial charge in [-0.05, 0) is 12.1 Å². The van der Waals surface area contributed by atoms with Gasteiger partial charge in [0, 0.05) is 18.6 Å². The summed E-state index contributed by atoms with van der Waals surface area (Å²) in [6.07, 6.45) is 6.62. The van der Waals surface area contributed by atoms with E-state index in [1.165, 1.54) is 6.20 Å². The number of nitrogens with zero attached hydrogens (tertiary/aromatic N) is 3. The number of pyridine rings is 1. The molecule has 15 heavy (non-hydrogen) atoms. The zero-order valence-corrected chi connectivity index (χ0v) is 7.79. The van der Waals surface area contributed by atoms with Crippen molar-refractivity contribution in [3.8, 4) is 5.82 Å². The summed E-state index contributed by atoms with van der Waals surface area (Å²) in [5, 5.41) is 7.32. The molecule has 0 atom stereocenters. The molecule has 0 aliphatic carbocycles. The summed E-state index contributed by atoms with van der Waals surface area (Å²) >= 11 is 0. The van der Waals surface area contributed by atoms with Gasteiger partial charge in [-0.15, -0.1) is 0 Å². The maximum absolute atomic E-state index is 7.32. The van der Waals surface area contributed by atoms with Crippen molar-refractivity contribution in [1.29, 1.82) is 5.41 Å². The first-order chi connectivity index (χ1) is 7.31. The molecule has 3 N–H and O–H groups in total. The smallest absolute Gasteiger partial charge is 0.238 e. The van der Waals surface area contributed by atoms with Crippen LogP contribution in [0, 0.1) is 5.41 Å². The SMILES string of the molecule is N=C(ON)c1ccc(-n2ccnc2)nc1. The zero-order valence-electron chi connectivity index (χ0n) is 7.79. The fourth-order valence-corrected chi connectivity index (χ4v) is 1.14. The van der Waals surface area contributed by atoms with Crippen LogP contribution in [-0.2, 0) is 4.84 Å². The van der Waals surface area contributed by atoms with Crippen molar-refractivity contribution in [2.24, 2.45) is 5.90 Å². The molecule has 0 unspecified atom stereocenters. The van der Waals surface area contributed by atoms with Gasteiger partial charge in [-0.2, -0.15) is 5.90 Å². The molecule has 2 aromatic heterocycles. The van der Waals surface area contributed by atoms with E-state index >= 15 is 0 Å². The van der Waals surface area contributed by atoms with Gasteiger partial charge in [0.25, 0.3) is 0 Å². The lowest BCUT2D eigenvalue weighted by Crippen LogP contribution is -2.10. The summed E-state index contributed by atoms with van der Waals surface area (Å²) in [5.41, 5.74) is 0.529. The molecule has 6 nitrogen and oxygen atoms in total. The van der Waals surface area contributed by atoms with Crippen molar-refractivity contribution < 1.29 is 4.84 Å². The molecule has 0 saturated carbocycles. The number of hydrogen-bond donors (Lipinski definition) is 2. The van der Waals surface area contributed by atoms with Crippen LogP contribution in [0.5, 0.6) is 0 Å². The van der Waals surface area contributed by atoms with Crippen LogP contribution in [0.2, 0.25) is 0 Å². The minimum Gasteiger partial charge on any atom is -0.391 e. The standard InChI is InChI=1S/C9H9N5O/c10-9(15-11)7-1-2-8(13-5-7)14-4-3-12-6-14/h1-6,10H,11H2. The molecule has 0 spiro atoms. The topological polar surface area (TPSA) is 89.8 Å². The lowest BCUT2D eigenvalue weighted by Gasteiger charge is -2.03. The Balaban J connectivity index is 2.29. The van der Waals surface area contributed by atoms with Gasteiger partial charge in [0.1, 0.15) is 12.1 Å². The Bertz CT molecular complexity index is 448. The Kier molecular flexibility index (Phi) is 2.42. The third kappa shape index (κ3) is 1.84. The molecule has 2 heterocycles. The van der Waals surface area contributed by atoms with E-state index in [4.69, 9.17) is 11.3 Å². The summed E-state index contributed by atoms with van der Waals surface area (Å²) in [6.45, 7) is 0. The van der Waals surface area contributed by atoms with E-state index in [-0.39, 0.29) is 5.90 Å². The van der Waals surface area contributed by atoms with Crippen LogP contribution >= 0.6 is 0 Å². The molecule has 2 rings (SSSR count). The summed E-state index contributed by atoms with van der Waals surface area (Å²) in [7, 11) is 0. The Morgan fingerprint density at radius 2 is 2.33 bits per heavy atom. The quantitative estimate of drug-likeness (QED) is 0.422. The van der Waals surface area contributed by atoms with Gasteiger partial charge >= 0.3 is 0 Å². The molecule has 0 radical (unpaired) electrons. The van der Waals surface area contributed by atoms with Gasteiger partial charge in [0.2, 0.25) is 5.90 Å². The molecular weight excluding hydrogens is 194 g/mol. The van der Waals surface area contributed by atoms with Crippen LogP contribution in [0.25, 0.3) is 5.82 Å². The second kappa shape index (κ2) is 3.89. The maximum Gasteiger partial charge on any atom is 0.238 e. The van der Waals surface area contributed by atoms with Crippen molar-refractivity contribution in [2.45, 2.75) is 0 Å². The summed E-state index contributed by atoms with van der Waals surface area (Å²) in [5.74, 6) is 5.48. The molecule has 76 valence electrons. The highest BCUT2D eigenvalue weighted by atomic mass is 16.6. The highest BCUT2D eigenvalue weighted by molar-refractivity contribution is 5.90. The van der Waals surface area contributed by atoms with Crippen LogP contribution in [-0.4, -0.2) is 20.4 Å². The minimum atomic E-state index is -0.111. The van der Waals surface area contributed by atoms with Crippen LogP contribution in [0.3, 0.4) is 0 Å². The number of nitrogens with two attached hydrogens (primary N) is 1. The van der Waals surface area contributed by atoms with Crippen LogP contribution in [0.1, 0.15) is 5.56 Å². The lowest BCUT2D eigenvalue weighted by molar-refractivity contribution is 0.319. The van der Waals surface area contributed by atoms with Crippen molar-refractivity contribution in [1.82, 2.24) is 14.5 Å². The van der Waals surface area contributed by atoms with Crippen molar-refractivity contribution in [3.63, 3.8) is 0 Å². The van der Waals surface area contributed by atoms with E-state index in [1.54, 1.807) is 35.4 Å². The van der Waals surface area contributed by atoms with E-state index in [1.807, 2.05) is 0 Å². The van der Waals surface area contributed by atoms with E-state index in [0.717, 1.165) is 5.82 Å². The zero-order chi connectivity index (χ0) is 10.7. The molecule has 0 aliphatic rings. The fourth-order valence-electron chi connectivity index (χ4n) is 1.14. The van der Waals surface area contributed by atoms with Crippen molar-refractivity contribution in [2.75, 3.05) is 0 Å². The molecule has 2 aromatic rings. The molecule has 0 amide bonds. The van der Waals surface area contributed by atoms with Crippen LogP contribution in [0.15, 0.2) is 37.1 Å². The van der Waals surface area contributed by atoms with Gasteiger partial charge in [0.15, 0.2) is 0 Å². The number of hydrogen-bond acceptors (Lipinski definition) is 5. The van der Waals surface area contributed by atoms with Gasteiger partial charge < -0.3 is 4.84 Å². The first-order valence-corrected chi connectivity index (χ1v) is 4.21. The van der Waals surface area contributed by atoms with E-state index in [0.29, 0.717) is 5.56 Å². The number of nitrogens with one attached hydrogen (secondary N) is 1. The van der Waals surface area contributed by atoms with Gasteiger partial charge in [-0.3, -0.25) is 9.98 Å². The summed E-state index contributed by atoms with van der Waals surface area (Å²) in [4.78, 5) is 12.3. The van der Waals surface area contributed by atoms with E-state index < -0.39 is 0 Å². The lowest BCUT2D eigenvalue weighted by atomic mass is 10.3. The van der Waals surface area contributed by atoms with Gasteiger partial charge in [0.05, 0.1) is 5.56 Å². The second-order valence-corrected chi connectivity index (χ2v) is 2.82. The average molecular weight is 203 g/mol. The monoisotopic (exact) mass is 203 g/mol. The molecule has 0 aromatic carbocycles. The van der Waals surface area contributed by atoms with E-state index in [2.05, 4.69) is 14.8 Å². The van der Waals surface area contributed by atoms with E-state index in [9.17, 15) is 0 Å². The average Bonchev–Trinajstić information content (AvgIpc) is 2.82. The van der Waals surface area contributed by atoms with Crippen LogP contribution in [0.4, 0.5) is 0 Å². The van der Waals surface area contributed by atoms with Gasteiger partial charge in [-0.1, -0.05) is 0 Å². The Labute approximate surface area is 85.8 Å². The molecule has 0 fully saturated rings. The van der Waals surface area contributed by atoms with Crippen molar-refractivity contribution in [3.05, 3.63) is 42.6 Å². The summed E-state index contributed by atoms with van der Waals surface area (Å²) in [6, 6.07) is 3.46. The maximum atomic E-state index is 7.32. The minimum absolute atomic E-state index is 0.111. The number of rotatable bonds is 2. The molecule has 0 saturated heterocycles. The number of imidazole rings is 1. The third-order valence-corrected chi connectivity index (χ3v) is 1.90. The molecule has 0 bridgehead atoms. The predicted molar refractivity (Wildman–Crippen MR) is 53.5 cm³/mol. The fraction of sp³-hybridized carbons (Fsp3) is 0. The first kappa shape index (κ1) is 9.35. The third-order valence-electron chi connectivity index (χ3n) is 1.90. The molecule has 0 aliphatic heterocycles. The molecular formula is C9H9N5O. The summed E-state index contributed by atoms with van der Waals surface area (Å²) < 4.78 is 1.76. The largest absolute Gasteiger partial charge is 0.391 e. The normalized spacial score (nSPS) is 9.93. The van der Waals surface area contributed by atoms with Crippen LogP contribution < -0.4 is 5.90 Å². The first-order valence-electron chi connectivity index (χ1n) is 4.21.